The molecule has 0 aromatic heterocycles. The molecule has 0 aliphatic carbocycles. The van der Waals surface area contributed by atoms with Crippen LogP contribution in [0.5, 0.6) is 0 Å². The van der Waals surface area contributed by atoms with Crippen molar-refractivity contribution >= 4 is 0 Å². The zero-order valence-corrected chi connectivity index (χ0v) is 10.8. The van der Waals surface area contributed by atoms with Crippen LogP contribution in [0.3, 0.4) is 0 Å². The second-order valence-electron chi connectivity index (χ2n) is 5.34. The van der Waals surface area contributed by atoms with Crippen LogP contribution in [0.25, 0.3) is 0 Å². The van der Waals surface area contributed by atoms with E-state index >= 15 is 0 Å². The first kappa shape index (κ1) is 13.0. The maximum atomic E-state index is 5.83. The van der Waals surface area contributed by atoms with Gasteiger partial charge in [-0.2, -0.15) is 0 Å². The van der Waals surface area contributed by atoms with Gasteiger partial charge in [0.05, 0.1) is 12.2 Å². The van der Waals surface area contributed by atoms with Crippen LogP contribution < -0.4 is 5.32 Å². The molecule has 3 atom stereocenters. The molecule has 0 aromatic carbocycles. The number of hydrogen-bond acceptors (Lipinski definition) is 2. The van der Waals surface area contributed by atoms with Crippen LogP contribution >= 0.6 is 0 Å². The third-order valence-corrected chi connectivity index (χ3v) is 3.32. The van der Waals surface area contributed by atoms with Gasteiger partial charge >= 0.3 is 0 Å². The molecular formula is C13H27NO. The summed E-state index contributed by atoms with van der Waals surface area (Å²) >= 11 is 0. The molecule has 0 aromatic rings. The molecule has 1 fully saturated rings. The van der Waals surface area contributed by atoms with Crippen molar-refractivity contribution in [2.45, 2.75) is 71.1 Å². The Labute approximate surface area is 94.8 Å². The van der Waals surface area contributed by atoms with E-state index in [1.807, 2.05) is 0 Å². The van der Waals surface area contributed by atoms with Crippen molar-refractivity contribution in [2.75, 3.05) is 7.05 Å². The van der Waals surface area contributed by atoms with Crippen molar-refractivity contribution in [1.29, 1.82) is 0 Å². The minimum absolute atomic E-state index is 0.494. The van der Waals surface area contributed by atoms with E-state index in [0.717, 1.165) is 5.92 Å². The molecule has 1 aliphatic rings. The maximum Gasteiger partial charge on any atom is 0.0580 e. The van der Waals surface area contributed by atoms with Gasteiger partial charge in [-0.1, -0.05) is 13.8 Å². The summed E-state index contributed by atoms with van der Waals surface area (Å²) in [4.78, 5) is 0. The van der Waals surface area contributed by atoms with Gasteiger partial charge in [0.2, 0.25) is 0 Å². The van der Waals surface area contributed by atoms with Gasteiger partial charge in [-0.3, -0.25) is 0 Å². The zero-order valence-electron chi connectivity index (χ0n) is 10.8. The van der Waals surface area contributed by atoms with Crippen molar-refractivity contribution in [3.05, 3.63) is 0 Å². The highest BCUT2D eigenvalue weighted by atomic mass is 16.5. The van der Waals surface area contributed by atoms with E-state index in [-0.39, 0.29) is 0 Å². The second kappa shape index (κ2) is 6.49. The van der Waals surface area contributed by atoms with Crippen LogP contribution in [0.4, 0.5) is 0 Å². The third-order valence-electron chi connectivity index (χ3n) is 3.32. The van der Waals surface area contributed by atoms with E-state index in [1.54, 1.807) is 0 Å². The quantitative estimate of drug-likeness (QED) is 0.732. The first-order chi connectivity index (χ1) is 7.11. The monoisotopic (exact) mass is 213 g/mol. The zero-order chi connectivity index (χ0) is 11.3. The van der Waals surface area contributed by atoms with E-state index in [9.17, 15) is 0 Å². The summed E-state index contributed by atoms with van der Waals surface area (Å²) in [6.07, 6.45) is 7.29. The highest BCUT2D eigenvalue weighted by Gasteiger charge is 2.22. The lowest BCUT2D eigenvalue weighted by atomic mass is 9.98. The molecule has 0 spiro atoms. The minimum atomic E-state index is 0.494. The van der Waals surface area contributed by atoms with Crippen molar-refractivity contribution < 1.29 is 4.74 Å². The summed E-state index contributed by atoms with van der Waals surface area (Å²) in [5, 5.41) is 3.41. The molecule has 2 nitrogen and oxygen atoms in total. The number of hydrogen-bond donors (Lipinski definition) is 1. The lowest BCUT2D eigenvalue weighted by Crippen LogP contribution is -2.28. The summed E-state index contributed by atoms with van der Waals surface area (Å²) in [6, 6.07) is 0.671. The van der Waals surface area contributed by atoms with Gasteiger partial charge in [-0.15, -0.1) is 0 Å². The van der Waals surface area contributed by atoms with Crippen LogP contribution in [0.2, 0.25) is 0 Å². The second-order valence-corrected chi connectivity index (χ2v) is 5.34. The maximum absolute atomic E-state index is 5.83. The fraction of sp³-hybridized carbons (Fsp3) is 1.00. The molecule has 0 radical (unpaired) electrons. The third kappa shape index (κ3) is 4.98. The van der Waals surface area contributed by atoms with E-state index in [1.165, 1.54) is 32.1 Å². The average molecular weight is 213 g/mol. The van der Waals surface area contributed by atoms with Gasteiger partial charge in [0.25, 0.3) is 0 Å². The van der Waals surface area contributed by atoms with Gasteiger partial charge in [0.1, 0.15) is 0 Å². The van der Waals surface area contributed by atoms with Crippen LogP contribution in [-0.2, 0) is 4.74 Å². The summed E-state index contributed by atoms with van der Waals surface area (Å²) in [7, 11) is 2.07. The Morgan fingerprint density at radius 3 is 2.53 bits per heavy atom. The molecule has 15 heavy (non-hydrogen) atoms. The van der Waals surface area contributed by atoms with Crippen molar-refractivity contribution in [3.63, 3.8) is 0 Å². The Balaban J connectivity index is 2.16. The summed E-state index contributed by atoms with van der Waals surface area (Å²) in [5.41, 5.74) is 0. The number of ether oxygens (including phenoxy) is 1. The Hall–Kier alpha value is -0.0800. The molecule has 2 heteroatoms. The highest BCUT2D eigenvalue weighted by molar-refractivity contribution is 4.74. The standard InChI is InChI=1S/C13H27NO/c1-10(2)9-12(14-4)6-8-13-7-5-11(3)15-13/h10-14H,5-9H2,1-4H3. The highest BCUT2D eigenvalue weighted by Crippen LogP contribution is 2.23. The Bertz CT molecular complexity index is 170. The molecule has 0 amide bonds. The van der Waals surface area contributed by atoms with E-state index in [4.69, 9.17) is 4.74 Å². The number of nitrogens with one attached hydrogen (secondary N) is 1. The molecule has 3 unspecified atom stereocenters. The van der Waals surface area contributed by atoms with Gasteiger partial charge in [-0.25, -0.2) is 0 Å². The van der Waals surface area contributed by atoms with Crippen LogP contribution in [-0.4, -0.2) is 25.3 Å². The molecule has 90 valence electrons. The smallest absolute Gasteiger partial charge is 0.0580 e. The topological polar surface area (TPSA) is 21.3 Å². The number of rotatable bonds is 6. The van der Waals surface area contributed by atoms with Crippen LogP contribution in [0, 0.1) is 5.92 Å². The molecule has 1 saturated heterocycles. The van der Waals surface area contributed by atoms with E-state index in [0.29, 0.717) is 18.2 Å². The SMILES string of the molecule is CNC(CCC1CCC(C)O1)CC(C)C. The fourth-order valence-electron chi connectivity index (χ4n) is 2.43. The lowest BCUT2D eigenvalue weighted by molar-refractivity contribution is 0.0478. The molecule has 1 rings (SSSR count). The molecule has 1 aliphatic heterocycles. The van der Waals surface area contributed by atoms with Gasteiger partial charge in [0, 0.05) is 6.04 Å². The molecule has 1 N–H and O–H groups in total. The first-order valence-electron chi connectivity index (χ1n) is 6.44. The molecule has 1 heterocycles. The fourth-order valence-corrected chi connectivity index (χ4v) is 2.43. The summed E-state index contributed by atoms with van der Waals surface area (Å²) < 4.78 is 5.83. The van der Waals surface area contributed by atoms with Gasteiger partial charge in [0.15, 0.2) is 0 Å². The summed E-state index contributed by atoms with van der Waals surface area (Å²) in [5.74, 6) is 0.783. The Kier molecular flexibility index (Phi) is 5.62. The Morgan fingerprint density at radius 2 is 2.07 bits per heavy atom. The minimum Gasteiger partial charge on any atom is -0.375 e. The van der Waals surface area contributed by atoms with Crippen molar-refractivity contribution in [1.82, 2.24) is 5.32 Å². The van der Waals surface area contributed by atoms with Crippen molar-refractivity contribution in [2.24, 2.45) is 5.92 Å². The Morgan fingerprint density at radius 1 is 1.33 bits per heavy atom. The van der Waals surface area contributed by atoms with Crippen molar-refractivity contribution in [3.8, 4) is 0 Å². The van der Waals surface area contributed by atoms with Gasteiger partial charge < -0.3 is 10.1 Å². The van der Waals surface area contributed by atoms with Gasteiger partial charge in [-0.05, 0) is 52.0 Å². The molecule has 0 bridgehead atoms. The van der Waals surface area contributed by atoms with E-state index in [2.05, 4.69) is 33.1 Å². The molecule has 0 saturated carbocycles. The largest absolute Gasteiger partial charge is 0.375 e. The average Bonchev–Trinajstić information content (AvgIpc) is 2.58. The molecular weight excluding hydrogens is 186 g/mol. The predicted octanol–water partition coefficient (Wildman–Crippen LogP) is 2.97. The van der Waals surface area contributed by atoms with Crippen LogP contribution in [0.1, 0.15) is 52.9 Å². The predicted molar refractivity (Wildman–Crippen MR) is 65.1 cm³/mol. The normalized spacial score (nSPS) is 28.6. The lowest BCUT2D eigenvalue weighted by Gasteiger charge is -2.20. The van der Waals surface area contributed by atoms with E-state index < -0.39 is 0 Å². The summed E-state index contributed by atoms with van der Waals surface area (Å²) in [6.45, 7) is 6.76. The van der Waals surface area contributed by atoms with Crippen LogP contribution in [0.15, 0.2) is 0 Å². The first-order valence-corrected chi connectivity index (χ1v) is 6.44.